The molecule has 0 aromatic heterocycles. The van der Waals surface area contributed by atoms with Crippen LogP contribution in [0.2, 0.25) is 0 Å². The highest BCUT2D eigenvalue weighted by Gasteiger charge is 2.11. The Kier molecular flexibility index (Phi) is 5.95. The summed E-state index contributed by atoms with van der Waals surface area (Å²) >= 11 is 0. The molecule has 2 rings (SSSR count). The number of anilines is 1. The molecule has 5 heteroatoms. The molecule has 0 fully saturated rings. The Morgan fingerprint density at radius 2 is 1.71 bits per heavy atom. The highest BCUT2D eigenvalue weighted by Crippen LogP contribution is 2.17. The number of hydrogen-bond donors (Lipinski definition) is 1. The first-order valence-corrected chi connectivity index (χ1v) is 7.74. The Balaban J connectivity index is 1.92. The third-order valence-corrected chi connectivity index (χ3v) is 3.70. The number of ether oxygens (including phenoxy) is 1. The second-order valence-corrected chi connectivity index (χ2v) is 5.61. The van der Waals surface area contributed by atoms with Gasteiger partial charge in [0.25, 0.3) is 5.91 Å². The molecule has 126 valence electrons. The SMILES string of the molecule is COC(=O)c1ccc(CCNC(=O)c2ccccc2N(C)C)cc1. The molecule has 0 atom stereocenters. The van der Waals surface area contributed by atoms with Crippen LogP contribution in [0, 0.1) is 0 Å². The van der Waals surface area contributed by atoms with Crippen LogP contribution in [-0.4, -0.2) is 39.6 Å². The van der Waals surface area contributed by atoms with Gasteiger partial charge in [0.1, 0.15) is 0 Å². The predicted molar refractivity (Wildman–Crippen MR) is 94.6 cm³/mol. The predicted octanol–water partition coefficient (Wildman–Crippen LogP) is 2.51. The fourth-order valence-electron chi connectivity index (χ4n) is 2.40. The van der Waals surface area contributed by atoms with Gasteiger partial charge in [0.2, 0.25) is 0 Å². The molecule has 0 aliphatic carbocycles. The molecule has 0 saturated carbocycles. The first kappa shape index (κ1) is 17.5. The maximum Gasteiger partial charge on any atom is 0.337 e. The van der Waals surface area contributed by atoms with Gasteiger partial charge in [0.05, 0.1) is 18.2 Å². The van der Waals surface area contributed by atoms with Crippen LogP contribution in [0.5, 0.6) is 0 Å². The molecule has 0 aliphatic rings. The molecule has 0 heterocycles. The molecule has 0 unspecified atom stereocenters. The Bertz CT molecular complexity index is 709. The van der Waals surface area contributed by atoms with Crippen LogP contribution in [0.25, 0.3) is 0 Å². The van der Waals surface area contributed by atoms with Gasteiger partial charge in [-0.2, -0.15) is 0 Å². The molecule has 2 aromatic carbocycles. The normalized spacial score (nSPS) is 10.1. The number of benzene rings is 2. The summed E-state index contributed by atoms with van der Waals surface area (Å²) in [7, 11) is 5.18. The molecular weight excluding hydrogens is 304 g/mol. The third-order valence-electron chi connectivity index (χ3n) is 3.70. The lowest BCUT2D eigenvalue weighted by atomic mass is 10.1. The zero-order chi connectivity index (χ0) is 17.5. The first-order chi connectivity index (χ1) is 11.5. The van der Waals surface area contributed by atoms with Gasteiger partial charge in [-0.1, -0.05) is 24.3 Å². The van der Waals surface area contributed by atoms with Crippen molar-refractivity contribution in [1.29, 1.82) is 0 Å². The number of nitrogens with one attached hydrogen (secondary N) is 1. The molecule has 0 aliphatic heterocycles. The van der Waals surface area contributed by atoms with Crippen molar-refractivity contribution >= 4 is 17.6 Å². The Morgan fingerprint density at radius 3 is 2.33 bits per heavy atom. The average Bonchev–Trinajstić information content (AvgIpc) is 2.61. The molecule has 2 aromatic rings. The zero-order valence-electron chi connectivity index (χ0n) is 14.2. The summed E-state index contributed by atoms with van der Waals surface area (Å²) < 4.78 is 4.67. The number of methoxy groups -OCH3 is 1. The van der Waals surface area contributed by atoms with Crippen LogP contribution >= 0.6 is 0 Å². The number of hydrogen-bond acceptors (Lipinski definition) is 4. The highest BCUT2D eigenvalue weighted by atomic mass is 16.5. The van der Waals surface area contributed by atoms with Crippen molar-refractivity contribution in [1.82, 2.24) is 5.32 Å². The van der Waals surface area contributed by atoms with Crippen molar-refractivity contribution in [3.05, 3.63) is 65.2 Å². The Hall–Kier alpha value is -2.82. The van der Waals surface area contributed by atoms with Gasteiger partial charge in [-0.3, -0.25) is 4.79 Å². The van der Waals surface area contributed by atoms with E-state index in [1.807, 2.05) is 55.4 Å². The minimum Gasteiger partial charge on any atom is -0.465 e. The van der Waals surface area contributed by atoms with Crippen LogP contribution in [0.1, 0.15) is 26.3 Å². The van der Waals surface area contributed by atoms with Crippen molar-refractivity contribution in [2.45, 2.75) is 6.42 Å². The van der Waals surface area contributed by atoms with Gasteiger partial charge >= 0.3 is 5.97 Å². The van der Waals surface area contributed by atoms with E-state index in [1.54, 1.807) is 12.1 Å². The summed E-state index contributed by atoms with van der Waals surface area (Å²) in [6.45, 7) is 0.526. The van der Waals surface area contributed by atoms with E-state index in [0.717, 1.165) is 11.3 Å². The van der Waals surface area contributed by atoms with Crippen LogP contribution in [0.15, 0.2) is 48.5 Å². The van der Waals surface area contributed by atoms with E-state index in [4.69, 9.17) is 0 Å². The lowest BCUT2D eigenvalue weighted by Crippen LogP contribution is -2.27. The topological polar surface area (TPSA) is 58.6 Å². The van der Waals surface area contributed by atoms with E-state index in [2.05, 4.69) is 10.1 Å². The Morgan fingerprint density at radius 1 is 1.04 bits per heavy atom. The first-order valence-electron chi connectivity index (χ1n) is 7.74. The van der Waals surface area contributed by atoms with E-state index in [0.29, 0.717) is 24.1 Å². The van der Waals surface area contributed by atoms with Gasteiger partial charge in [0.15, 0.2) is 0 Å². The molecule has 0 bridgehead atoms. The maximum absolute atomic E-state index is 12.3. The van der Waals surface area contributed by atoms with Gasteiger partial charge in [0, 0.05) is 26.3 Å². The third kappa shape index (κ3) is 4.35. The van der Waals surface area contributed by atoms with Crippen molar-refractivity contribution in [2.24, 2.45) is 0 Å². The van der Waals surface area contributed by atoms with Gasteiger partial charge in [-0.05, 0) is 36.2 Å². The van der Waals surface area contributed by atoms with Crippen LogP contribution in [0.3, 0.4) is 0 Å². The summed E-state index contributed by atoms with van der Waals surface area (Å²) in [6, 6.07) is 14.7. The fourth-order valence-corrected chi connectivity index (χ4v) is 2.40. The molecule has 1 N–H and O–H groups in total. The lowest BCUT2D eigenvalue weighted by molar-refractivity contribution is 0.0600. The summed E-state index contributed by atoms with van der Waals surface area (Å²) in [6.07, 6.45) is 0.692. The molecule has 5 nitrogen and oxygen atoms in total. The summed E-state index contributed by atoms with van der Waals surface area (Å²) in [5, 5.41) is 2.93. The molecule has 0 radical (unpaired) electrons. The van der Waals surface area contributed by atoms with E-state index >= 15 is 0 Å². The van der Waals surface area contributed by atoms with Crippen molar-refractivity contribution in [3.8, 4) is 0 Å². The maximum atomic E-state index is 12.3. The zero-order valence-corrected chi connectivity index (χ0v) is 14.2. The minimum absolute atomic E-state index is 0.0921. The minimum atomic E-state index is -0.352. The summed E-state index contributed by atoms with van der Waals surface area (Å²) in [4.78, 5) is 25.6. The van der Waals surface area contributed by atoms with Crippen molar-refractivity contribution < 1.29 is 14.3 Å². The second-order valence-electron chi connectivity index (χ2n) is 5.61. The smallest absolute Gasteiger partial charge is 0.337 e. The van der Waals surface area contributed by atoms with E-state index in [9.17, 15) is 9.59 Å². The van der Waals surface area contributed by atoms with E-state index in [1.165, 1.54) is 7.11 Å². The van der Waals surface area contributed by atoms with Crippen LogP contribution in [0.4, 0.5) is 5.69 Å². The standard InChI is InChI=1S/C19H22N2O3/c1-21(2)17-7-5-4-6-16(17)18(22)20-13-12-14-8-10-15(11-9-14)19(23)24-3/h4-11H,12-13H2,1-3H3,(H,20,22). The fraction of sp³-hybridized carbons (Fsp3) is 0.263. The molecular formula is C19H22N2O3. The number of nitrogens with zero attached hydrogens (tertiary/aromatic N) is 1. The number of rotatable bonds is 6. The largest absolute Gasteiger partial charge is 0.465 e. The number of carbonyl (C=O) groups excluding carboxylic acids is 2. The van der Waals surface area contributed by atoms with Gasteiger partial charge < -0.3 is 15.0 Å². The second kappa shape index (κ2) is 8.15. The average molecular weight is 326 g/mol. The number of esters is 1. The van der Waals surface area contributed by atoms with Crippen molar-refractivity contribution in [3.63, 3.8) is 0 Å². The summed E-state index contributed by atoms with van der Waals surface area (Å²) in [5.41, 5.74) is 3.11. The summed E-state index contributed by atoms with van der Waals surface area (Å²) in [5.74, 6) is -0.444. The monoisotopic (exact) mass is 326 g/mol. The Labute approximate surface area is 142 Å². The van der Waals surface area contributed by atoms with Crippen LogP contribution in [-0.2, 0) is 11.2 Å². The molecule has 24 heavy (non-hydrogen) atoms. The molecule has 0 saturated heterocycles. The quantitative estimate of drug-likeness (QED) is 0.829. The van der Waals surface area contributed by atoms with E-state index in [-0.39, 0.29) is 11.9 Å². The van der Waals surface area contributed by atoms with Crippen LogP contribution < -0.4 is 10.2 Å². The molecule has 0 spiro atoms. The van der Waals surface area contributed by atoms with Gasteiger partial charge in [-0.15, -0.1) is 0 Å². The highest BCUT2D eigenvalue weighted by molar-refractivity contribution is 5.99. The number of amides is 1. The number of para-hydroxylation sites is 1. The number of carbonyl (C=O) groups is 2. The molecule has 1 amide bonds. The van der Waals surface area contributed by atoms with Crippen molar-refractivity contribution in [2.75, 3.05) is 32.6 Å². The van der Waals surface area contributed by atoms with E-state index < -0.39 is 0 Å². The lowest BCUT2D eigenvalue weighted by Gasteiger charge is -2.16. The van der Waals surface area contributed by atoms with Gasteiger partial charge in [-0.25, -0.2) is 4.79 Å².